The molecule has 0 fully saturated rings. The normalized spacial score (nSPS) is 11.8. The summed E-state index contributed by atoms with van der Waals surface area (Å²) in [4.78, 5) is 26.8. The third-order valence-corrected chi connectivity index (χ3v) is 2.90. The fourth-order valence-electron chi connectivity index (χ4n) is 1.86. The summed E-state index contributed by atoms with van der Waals surface area (Å²) in [6, 6.07) is 8.57. The van der Waals surface area contributed by atoms with Crippen molar-refractivity contribution in [2.75, 3.05) is 6.54 Å². The van der Waals surface area contributed by atoms with Gasteiger partial charge in [0.1, 0.15) is 11.6 Å². The summed E-state index contributed by atoms with van der Waals surface area (Å²) in [5.74, 6) is -0.363. The van der Waals surface area contributed by atoms with Gasteiger partial charge in [0.2, 0.25) is 5.91 Å². The van der Waals surface area contributed by atoms with E-state index in [1.54, 1.807) is 20.8 Å². The lowest BCUT2D eigenvalue weighted by Crippen LogP contribution is -2.48. The first-order valence-electron chi connectivity index (χ1n) is 7.64. The lowest BCUT2D eigenvalue weighted by Gasteiger charge is -2.23. The van der Waals surface area contributed by atoms with Gasteiger partial charge in [0.05, 0.1) is 0 Å². The van der Waals surface area contributed by atoms with Crippen LogP contribution in [0.15, 0.2) is 35.4 Å². The van der Waals surface area contributed by atoms with Crippen LogP contribution in [0, 0.1) is 0 Å². The largest absolute Gasteiger partial charge is 0.444 e. The minimum Gasteiger partial charge on any atom is -0.444 e. The van der Waals surface area contributed by atoms with Crippen molar-refractivity contribution in [2.45, 2.75) is 45.4 Å². The van der Waals surface area contributed by atoms with E-state index in [-0.39, 0.29) is 18.9 Å². The maximum Gasteiger partial charge on any atom is 0.408 e. The third kappa shape index (κ3) is 8.05. The summed E-state index contributed by atoms with van der Waals surface area (Å²) in [6.07, 6.45) is -0.507. The molecule has 0 aromatic heterocycles. The van der Waals surface area contributed by atoms with Gasteiger partial charge in [0.15, 0.2) is 0 Å². The molecule has 0 unspecified atom stereocenters. The maximum atomic E-state index is 12.3. The lowest BCUT2D eigenvalue weighted by molar-refractivity contribution is -0.123. The lowest BCUT2D eigenvalue weighted by atomic mass is 10.1. The molecule has 1 aromatic carbocycles. The predicted octanol–water partition coefficient (Wildman–Crippen LogP) is 2.90. The molecule has 130 valence electrons. The molecule has 24 heavy (non-hydrogen) atoms. The number of carbonyl (C=O) groups excluding carboxylic acids is 2. The molecule has 2 amide bonds. The topological polar surface area (TPSA) is 116 Å². The van der Waals surface area contributed by atoms with Crippen LogP contribution in [0.2, 0.25) is 0 Å². The van der Waals surface area contributed by atoms with Gasteiger partial charge < -0.3 is 15.4 Å². The number of rotatable bonds is 7. The number of azide groups is 1. The van der Waals surface area contributed by atoms with E-state index < -0.39 is 17.7 Å². The predicted molar refractivity (Wildman–Crippen MR) is 90.1 cm³/mol. The highest BCUT2D eigenvalue weighted by atomic mass is 16.6. The summed E-state index contributed by atoms with van der Waals surface area (Å²) in [5.41, 5.74) is 8.63. The number of alkyl carbamates (subject to hydrolysis) is 1. The number of carbonyl (C=O) groups is 2. The number of hydrogen-bond donors (Lipinski definition) is 2. The highest BCUT2D eigenvalue weighted by Crippen LogP contribution is 2.07. The third-order valence-electron chi connectivity index (χ3n) is 2.90. The van der Waals surface area contributed by atoms with Gasteiger partial charge in [-0.1, -0.05) is 35.4 Å². The first-order valence-corrected chi connectivity index (χ1v) is 7.64. The first-order chi connectivity index (χ1) is 11.3. The van der Waals surface area contributed by atoms with Gasteiger partial charge in [0, 0.05) is 18.0 Å². The number of benzene rings is 1. The number of amides is 2. The van der Waals surface area contributed by atoms with Crippen LogP contribution in [0.1, 0.15) is 32.8 Å². The van der Waals surface area contributed by atoms with Crippen molar-refractivity contribution in [3.05, 3.63) is 46.3 Å². The number of ether oxygens (including phenoxy) is 1. The summed E-state index contributed by atoms with van der Waals surface area (Å²) < 4.78 is 5.15. The van der Waals surface area contributed by atoms with E-state index in [1.807, 2.05) is 30.3 Å². The number of nitrogens with zero attached hydrogens (tertiary/aromatic N) is 3. The second-order valence-corrected chi connectivity index (χ2v) is 6.15. The molecule has 0 heterocycles. The summed E-state index contributed by atoms with van der Waals surface area (Å²) in [6.45, 7) is 5.63. The van der Waals surface area contributed by atoms with E-state index in [1.165, 1.54) is 0 Å². The zero-order valence-corrected chi connectivity index (χ0v) is 14.2. The Hall–Kier alpha value is -2.73. The van der Waals surface area contributed by atoms with Gasteiger partial charge in [-0.05, 0) is 38.3 Å². The van der Waals surface area contributed by atoms with Crippen LogP contribution >= 0.6 is 0 Å². The molecule has 8 heteroatoms. The van der Waals surface area contributed by atoms with Crippen molar-refractivity contribution in [1.82, 2.24) is 10.6 Å². The van der Waals surface area contributed by atoms with Crippen LogP contribution < -0.4 is 10.6 Å². The fourth-order valence-corrected chi connectivity index (χ4v) is 1.86. The van der Waals surface area contributed by atoms with E-state index in [2.05, 4.69) is 20.7 Å². The standard InChI is InChI=1S/C16H23N5O3/c1-16(2,3)24-15(23)20-13(9-10-19-21-17)14(22)18-11-12-7-5-4-6-8-12/h4-8,13H,9-11H2,1-3H3,(H,18,22)(H,20,23)/t13-/m1/s1. The highest BCUT2D eigenvalue weighted by molar-refractivity contribution is 5.85. The van der Waals surface area contributed by atoms with Crippen molar-refractivity contribution in [3.63, 3.8) is 0 Å². The Morgan fingerprint density at radius 3 is 2.54 bits per heavy atom. The maximum absolute atomic E-state index is 12.3. The van der Waals surface area contributed by atoms with E-state index >= 15 is 0 Å². The van der Waals surface area contributed by atoms with Crippen molar-refractivity contribution >= 4 is 12.0 Å². The zero-order valence-electron chi connectivity index (χ0n) is 14.2. The van der Waals surface area contributed by atoms with Crippen molar-refractivity contribution in [2.24, 2.45) is 5.11 Å². The van der Waals surface area contributed by atoms with Crippen LogP contribution in [0.3, 0.4) is 0 Å². The molecule has 0 radical (unpaired) electrons. The molecule has 1 atom stereocenters. The van der Waals surface area contributed by atoms with Crippen molar-refractivity contribution < 1.29 is 14.3 Å². The molecule has 1 aromatic rings. The highest BCUT2D eigenvalue weighted by Gasteiger charge is 2.23. The van der Waals surface area contributed by atoms with Crippen molar-refractivity contribution in [1.29, 1.82) is 0 Å². The molecule has 0 aliphatic rings. The van der Waals surface area contributed by atoms with E-state index in [0.29, 0.717) is 6.54 Å². The van der Waals surface area contributed by atoms with E-state index in [4.69, 9.17) is 10.3 Å². The minimum atomic E-state index is -0.839. The Morgan fingerprint density at radius 1 is 1.29 bits per heavy atom. The number of nitrogens with one attached hydrogen (secondary N) is 2. The molecule has 0 spiro atoms. The van der Waals surface area contributed by atoms with Gasteiger partial charge in [0.25, 0.3) is 0 Å². The van der Waals surface area contributed by atoms with Gasteiger partial charge in [-0.15, -0.1) is 0 Å². The smallest absolute Gasteiger partial charge is 0.408 e. The van der Waals surface area contributed by atoms with Gasteiger partial charge in [-0.2, -0.15) is 0 Å². The van der Waals surface area contributed by atoms with E-state index in [0.717, 1.165) is 5.56 Å². The molecule has 2 N–H and O–H groups in total. The molecule has 0 saturated carbocycles. The first kappa shape index (κ1) is 19.3. The zero-order chi connectivity index (χ0) is 18.0. The monoisotopic (exact) mass is 333 g/mol. The molecule has 0 bridgehead atoms. The molecule has 8 nitrogen and oxygen atoms in total. The Kier molecular flexibility index (Phi) is 7.58. The molecule has 0 aliphatic heterocycles. The van der Waals surface area contributed by atoms with Gasteiger partial charge in [-0.25, -0.2) is 4.79 Å². The average molecular weight is 333 g/mol. The van der Waals surface area contributed by atoms with Crippen molar-refractivity contribution in [3.8, 4) is 0 Å². The molecular weight excluding hydrogens is 310 g/mol. The summed E-state index contributed by atoms with van der Waals surface area (Å²) >= 11 is 0. The second kappa shape index (κ2) is 9.42. The van der Waals surface area contributed by atoms with Gasteiger partial charge in [-0.3, -0.25) is 4.79 Å². The quantitative estimate of drug-likeness (QED) is 0.454. The molecule has 0 aliphatic carbocycles. The van der Waals surface area contributed by atoms with Crippen LogP contribution in [0.5, 0.6) is 0 Å². The number of hydrogen-bond acceptors (Lipinski definition) is 4. The molecule has 1 rings (SSSR count). The molecule has 0 saturated heterocycles. The average Bonchev–Trinajstić information content (AvgIpc) is 2.51. The van der Waals surface area contributed by atoms with Crippen LogP contribution in [-0.4, -0.2) is 30.2 Å². The Bertz CT molecular complexity index is 591. The van der Waals surface area contributed by atoms with E-state index in [9.17, 15) is 9.59 Å². The molecular formula is C16H23N5O3. The summed E-state index contributed by atoms with van der Waals surface area (Å²) in [5, 5.41) is 8.66. The van der Waals surface area contributed by atoms with Crippen LogP contribution in [0.25, 0.3) is 10.4 Å². The van der Waals surface area contributed by atoms with Gasteiger partial charge >= 0.3 is 6.09 Å². The minimum absolute atomic E-state index is 0.0930. The Labute approximate surface area is 141 Å². The SMILES string of the molecule is CC(C)(C)OC(=O)N[C@H](CCN=[N+]=[N-])C(=O)NCc1ccccc1. The van der Waals surface area contributed by atoms with Crippen LogP contribution in [0.4, 0.5) is 4.79 Å². The van der Waals surface area contributed by atoms with Crippen LogP contribution in [-0.2, 0) is 16.1 Å². The second-order valence-electron chi connectivity index (χ2n) is 6.15. The Morgan fingerprint density at radius 2 is 1.96 bits per heavy atom. The Balaban J connectivity index is 2.63. The summed E-state index contributed by atoms with van der Waals surface area (Å²) in [7, 11) is 0. The fraction of sp³-hybridized carbons (Fsp3) is 0.500.